The summed E-state index contributed by atoms with van der Waals surface area (Å²) < 4.78 is 0. The third kappa shape index (κ3) is 2.85. The summed E-state index contributed by atoms with van der Waals surface area (Å²) in [6.45, 7) is 7.31. The van der Waals surface area contributed by atoms with Crippen molar-refractivity contribution in [1.29, 1.82) is 5.26 Å². The normalized spacial score (nSPS) is 18.5. The van der Waals surface area contributed by atoms with Gasteiger partial charge in [-0.25, -0.2) is 4.79 Å². The largest absolute Gasteiger partial charge is 0.325 e. The maximum Gasteiger partial charge on any atom is 0.325 e. The van der Waals surface area contributed by atoms with Crippen LogP contribution in [0.15, 0.2) is 36.7 Å². The van der Waals surface area contributed by atoms with E-state index in [4.69, 9.17) is 0 Å². The third-order valence-corrected chi connectivity index (χ3v) is 3.90. The van der Waals surface area contributed by atoms with E-state index in [-0.39, 0.29) is 11.4 Å². The molecule has 1 fully saturated rings. The lowest BCUT2D eigenvalue weighted by Gasteiger charge is -2.26. The van der Waals surface area contributed by atoms with E-state index in [9.17, 15) is 10.1 Å². The van der Waals surface area contributed by atoms with Crippen LogP contribution in [0.2, 0.25) is 0 Å². The number of carbonyl (C=O) groups is 1. The van der Waals surface area contributed by atoms with Crippen LogP contribution in [0.5, 0.6) is 0 Å². The molecule has 2 heterocycles. The van der Waals surface area contributed by atoms with Gasteiger partial charge in [0.25, 0.3) is 0 Å². The molecule has 1 aliphatic rings. The fourth-order valence-electron chi connectivity index (χ4n) is 3.02. The number of aromatic nitrogens is 1. The van der Waals surface area contributed by atoms with Gasteiger partial charge in [-0.05, 0) is 5.41 Å². The van der Waals surface area contributed by atoms with E-state index in [1.807, 2.05) is 24.3 Å². The monoisotopic (exact) mass is 308 g/mol. The summed E-state index contributed by atoms with van der Waals surface area (Å²) >= 11 is 0. The molecule has 0 N–H and O–H groups in total. The molecule has 1 aliphatic heterocycles. The molecule has 1 saturated heterocycles. The van der Waals surface area contributed by atoms with Crippen LogP contribution in [0.25, 0.3) is 10.8 Å². The van der Waals surface area contributed by atoms with Gasteiger partial charge < -0.3 is 4.90 Å². The zero-order chi connectivity index (χ0) is 16.6. The summed E-state index contributed by atoms with van der Waals surface area (Å²) in [6.07, 6.45) is 3.44. The number of pyridine rings is 1. The van der Waals surface area contributed by atoms with Gasteiger partial charge in [0.15, 0.2) is 0 Å². The minimum absolute atomic E-state index is 0.0112. The topological polar surface area (TPSA) is 60.2 Å². The van der Waals surface area contributed by atoms with E-state index in [0.29, 0.717) is 18.8 Å². The molecule has 1 aromatic carbocycles. The Balaban J connectivity index is 2.03. The number of hydrogen-bond donors (Lipinski definition) is 0. The smallest absolute Gasteiger partial charge is 0.321 e. The first-order valence-electron chi connectivity index (χ1n) is 7.71. The summed E-state index contributed by atoms with van der Waals surface area (Å²) in [5.74, 6) is 0. The van der Waals surface area contributed by atoms with Gasteiger partial charge in [-0.15, -0.1) is 0 Å². The van der Waals surface area contributed by atoms with Crippen LogP contribution < -0.4 is 4.90 Å². The molecular formula is C18H20N4O. The quantitative estimate of drug-likeness (QED) is 0.854. The maximum absolute atomic E-state index is 12.9. The van der Waals surface area contributed by atoms with Crippen LogP contribution in [-0.4, -0.2) is 35.0 Å². The number of nitriles is 1. The SMILES string of the molecule is CC(C)(C)CN1C[C@H](C#N)N(c2cncc3ccccc23)C1=O. The highest BCUT2D eigenvalue weighted by atomic mass is 16.2. The second-order valence-corrected chi connectivity index (χ2v) is 7.12. The van der Waals surface area contributed by atoms with Crippen LogP contribution in [0, 0.1) is 16.7 Å². The Morgan fingerprint density at radius 3 is 2.74 bits per heavy atom. The Bertz CT molecular complexity index is 782. The minimum atomic E-state index is -0.488. The van der Waals surface area contributed by atoms with Crippen molar-refractivity contribution in [2.45, 2.75) is 26.8 Å². The van der Waals surface area contributed by atoms with E-state index in [1.165, 1.54) is 0 Å². The summed E-state index contributed by atoms with van der Waals surface area (Å²) in [4.78, 5) is 20.5. The van der Waals surface area contributed by atoms with Crippen LogP contribution >= 0.6 is 0 Å². The van der Waals surface area contributed by atoms with Crippen LogP contribution in [-0.2, 0) is 0 Å². The number of fused-ring (bicyclic) bond motifs is 1. The molecule has 0 bridgehead atoms. The van der Waals surface area contributed by atoms with Crippen molar-refractivity contribution in [3.8, 4) is 6.07 Å². The summed E-state index contributed by atoms with van der Waals surface area (Å²) in [7, 11) is 0. The van der Waals surface area contributed by atoms with Crippen molar-refractivity contribution in [1.82, 2.24) is 9.88 Å². The first-order chi connectivity index (χ1) is 10.9. The Morgan fingerprint density at radius 1 is 1.30 bits per heavy atom. The molecule has 1 atom stereocenters. The van der Waals surface area contributed by atoms with Crippen LogP contribution in [0.1, 0.15) is 20.8 Å². The first kappa shape index (κ1) is 15.3. The molecule has 0 radical (unpaired) electrons. The van der Waals surface area contributed by atoms with Gasteiger partial charge in [0.2, 0.25) is 0 Å². The van der Waals surface area contributed by atoms with E-state index >= 15 is 0 Å². The van der Waals surface area contributed by atoms with Gasteiger partial charge in [-0.2, -0.15) is 5.26 Å². The number of urea groups is 1. The average molecular weight is 308 g/mol. The molecule has 3 rings (SSSR count). The molecule has 0 saturated carbocycles. The molecule has 2 amide bonds. The molecule has 118 valence electrons. The van der Waals surface area contributed by atoms with Crippen LogP contribution in [0.4, 0.5) is 10.5 Å². The number of hydrogen-bond acceptors (Lipinski definition) is 3. The molecule has 2 aromatic rings. The van der Waals surface area contributed by atoms with Crippen molar-refractivity contribution >= 4 is 22.5 Å². The number of rotatable bonds is 2. The van der Waals surface area contributed by atoms with Gasteiger partial charge >= 0.3 is 6.03 Å². The summed E-state index contributed by atoms with van der Waals surface area (Å²) in [6, 6.07) is 9.44. The second-order valence-electron chi connectivity index (χ2n) is 7.12. The first-order valence-corrected chi connectivity index (χ1v) is 7.71. The molecule has 5 heteroatoms. The van der Waals surface area contributed by atoms with Crippen molar-refractivity contribution in [3.63, 3.8) is 0 Å². The molecular weight excluding hydrogens is 288 g/mol. The fraction of sp³-hybridized carbons (Fsp3) is 0.389. The van der Waals surface area contributed by atoms with E-state index < -0.39 is 6.04 Å². The van der Waals surface area contributed by atoms with E-state index in [1.54, 1.807) is 22.2 Å². The molecule has 5 nitrogen and oxygen atoms in total. The Hall–Kier alpha value is -2.61. The van der Waals surface area contributed by atoms with Gasteiger partial charge in [0.1, 0.15) is 6.04 Å². The van der Waals surface area contributed by atoms with Crippen molar-refractivity contribution < 1.29 is 4.79 Å². The molecule has 0 spiro atoms. The Morgan fingerprint density at radius 2 is 2.04 bits per heavy atom. The lowest BCUT2D eigenvalue weighted by molar-refractivity contribution is 0.197. The van der Waals surface area contributed by atoms with E-state index in [2.05, 4.69) is 31.8 Å². The maximum atomic E-state index is 12.9. The molecule has 0 unspecified atom stereocenters. The minimum Gasteiger partial charge on any atom is -0.321 e. The number of amides is 2. The van der Waals surface area contributed by atoms with Crippen molar-refractivity contribution in [2.75, 3.05) is 18.0 Å². The molecule has 0 aliphatic carbocycles. The summed E-state index contributed by atoms with van der Waals surface area (Å²) in [5.41, 5.74) is 0.693. The fourth-order valence-corrected chi connectivity index (χ4v) is 3.02. The van der Waals surface area contributed by atoms with Crippen molar-refractivity contribution in [3.05, 3.63) is 36.7 Å². The van der Waals surface area contributed by atoms with E-state index in [0.717, 1.165) is 10.8 Å². The molecule has 23 heavy (non-hydrogen) atoms. The van der Waals surface area contributed by atoms with Crippen LogP contribution in [0.3, 0.4) is 0 Å². The predicted octanol–water partition coefficient (Wildman–Crippen LogP) is 3.42. The van der Waals surface area contributed by atoms with Gasteiger partial charge in [-0.1, -0.05) is 45.0 Å². The number of carbonyl (C=O) groups excluding carboxylic acids is 1. The van der Waals surface area contributed by atoms with Crippen molar-refractivity contribution in [2.24, 2.45) is 5.41 Å². The summed E-state index contributed by atoms with van der Waals surface area (Å²) in [5, 5.41) is 11.4. The number of nitrogens with zero attached hydrogens (tertiary/aromatic N) is 4. The lowest BCUT2D eigenvalue weighted by atomic mass is 9.96. The Labute approximate surface area is 136 Å². The highest BCUT2D eigenvalue weighted by Crippen LogP contribution is 2.32. The second kappa shape index (κ2) is 5.54. The van der Waals surface area contributed by atoms with Gasteiger partial charge in [0, 0.05) is 23.5 Å². The highest BCUT2D eigenvalue weighted by Gasteiger charge is 2.40. The highest BCUT2D eigenvalue weighted by molar-refractivity contribution is 6.04. The lowest BCUT2D eigenvalue weighted by Crippen LogP contribution is -2.37. The molecule has 1 aromatic heterocycles. The number of benzene rings is 1. The average Bonchev–Trinajstić information content (AvgIpc) is 2.81. The Kier molecular flexibility index (Phi) is 3.69. The third-order valence-electron chi connectivity index (χ3n) is 3.90. The standard InChI is InChI=1S/C18H20N4O/c1-18(2,3)12-21-11-14(8-19)22(17(21)23)16-10-20-9-13-6-4-5-7-15(13)16/h4-7,9-10,14H,11-12H2,1-3H3/t14-/m0/s1. The zero-order valence-electron chi connectivity index (χ0n) is 13.7. The van der Waals surface area contributed by atoms with Gasteiger partial charge in [-0.3, -0.25) is 9.88 Å². The zero-order valence-corrected chi connectivity index (χ0v) is 13.7. The number of anilines is 1. The van der Waals surface area contributed by atoms with Gasteiger partial charge in [0.05, 0.1) is 24.5 Å². The predicted molar refractivity (Wildman–Crippen MR) is 90.0 cm³/mol.